The SMILES string of the molecule is C=C(C)/C=C\C(=C)c1c(-c2ccc(F)cc2)ncn1CCOC. The van der Waals surface area contributed by atoms with Crippen molar-refractivity contribution in [1.29, 1.82) is 0 Å². The van der Waals surface area contributed by atoms with Gasteiger partial charge in [0.25, 0.3) is 0 Å². The summed E-state index contributed by atoms with van der Waals surface area (Å²) in [4.78, 5) is 4.48. The van der Waals surface area contributed by atoms with Gasteiger partial charge in [-0.2, -0.15) is 0 Å². The summed E-state index contributed by atoms with van der Waals surface area (Å²) in [6.45, 7) is 11.2. The molecule has 0 radical (unpaired) electrons. The molecule has 0 aliphatic carbocycles. The van der Waals surface area contributed by atoms with Crippen molar-refractivity contribution in [2.75, 3.05) is 13.7 Å². The second-order valence-electron chi connectivity index (χ2n) is 5.34. The van der Waals surface area contributed by atoms with Crippen LogP contribution in [0.2, 0.25) is 0 Å². The van der Waals surface area contributed by atoms with Crippen molar-refractivity contribution in [3.05, 3.63) is 73.0 Å². The van der Waals surface area contributed by atoms with E-state index in [2.05, 4.69) is 18.1 Å². The number of methoxy groups -OCH3 is 1. The van der Waals surface area contributed by atoms with Crippen molar-refractivity contribution in [2.24, 2.45) is 0 Å². The molecule has 0 bridgehead atoms. The molecule has 2 rings (SSSR count). The first-order valence-electron chi connectivity index (χ1n) is 7.35. The second-order valence-corrected chi connectivity index (χ2v) is 5.34. The molecule has 0 aliphatic rings. The molecule has 1 aromatic heterocycles. The zero-order valence-electron chi connectivity index (χ0n) is 13.6. The van der Waals surface area contributed by atoms with Crippen molar-refractivity contribution in [3.63, 3.8) is 0 Å². The Bertz CT molecular complexity index is 726. The number of nitrogens with zero attached hydrogens (tertiary/aromatic N) is 2. The summed E-state index contributed by atoms with van der Waals surface area (Å²) < 4.78 is 20.3. The predicted molar refractivity (Wildman–Crippen MR) is 92.5 cm³/mol. The highest BCUT2D eigenvalue weighted by Gasteiger charge is 2.14. The third kappa shape index (κ3) is 4.27. The Morgan fingerprint density at radius 2 is 1.96 bits per heavy atom. The van der Waals surface area contributed by atoms with Gasteiger partial charge in [0.15, 0.2) is 0 Å². The molecule has 1 heterocycles. The summed E-state index contributed by atoms with van der Waals surface area (Å²) in [6, 6.07) is 6.30. The van der Waals surface area contributed by atoms with E-state index in [0.29, 0.717) is 13.2 Å². The number of ether oxygens (including phenoxy) is 1. The van der Waals surface area contributed by atoms with Crippen molar-refractivity contribution in [1.82, 2.24) is 9.55 Å². The first-order chi connectivity index (χ1) is 11.0. The summed E-state index contributed by atoms with van der Waals surface area (Å²) in [6.07, 6.45) is 5.58. The second kappa shape index (κ2) is 7.70. The monoisotopic (exact) mass is 312 g/mol. The van der Waals surface area contributed by atoms with Crippen LogP contribution >= 0.6 is 0 Å². The van der Waals surface area contributed by atoms with Gasteiger partial charge >= 0.3 is 0 Å². The highest BCUT2D eigenvalue weighted by atomic mass is 19.1. The number of allylic oxidation sites excluding steroid dienone is 4. The molecule has 0 aliphatic heterocycles. The van der Waals surface area contributed by atoms with Crippen LogP contribution in [0.4, 0.5) is 4.39 Å². The van der Waals surface area contributed by atoms with Gasteiger partial charge in [-0.3, -0.25) is 0 Å². The molecule has 0 spiro atoms. The third-order valence-electron chi connectivity index (χ3n) is 3.36. The fourth-order valence-corrected chi connectivity index (χ4v) is 2.22. The van der Waals surface area contributed by atoms with Crippen molar-refractivity contribution < 1.29 is 9.13 Å². The summed E-state index contributed by atoms with van der Waals surface area (Å²) in [5.41, 5.74) is 4.28. The van der Waals surface area contributed by atoms with Crippen LogP contribution in [0, 0.1) is 5.82 Å². The van der Waals surface area contributed by atoms with Crippen LogP contribution < -0.4 is 0 Å². The van der Waals surface area contributed by atoms with E-state index in [1.165, 1.54) is 12.1 Å². The van der Waals surface area contributed by atoms with E-state index in [0.717, 1.165) is 28.1 Å². The van der Waals surface area contributed by atoms with Crippen molar-refractivity contribution in [2.45, 2.75) is 13.5 Å². The van der Waals surface area contributed by atoms with Crippen LogP contribution in [-0.4, -0.2) is 23.3 Å². The van der Waals surface area contributed by atoms with Gasteiger partial charge in [0.05, 0.1) is 24.3 Å². The maximum absolute atomic E-state index is 13.2. The molecule has 1 aromatic carbocycles. The van der Waals surface area contributed by atoms with Crippen molar-refractivity contribution >= 4 is 5.57 Å². The highest BCUT2D eigenvalue weighted by molar-refractivity contribution is 5.81. The van der Waals surface area contributed by atoms with Gasteiger partial charge in [-0.15, -0.1) is 0 Å². The number of rotatable bonds is 7. The van der Waals surface area contributed by atoms with Crippen LogP contribution in [0.25, 0.3) is 16.8 Å². The first-order valence-corrected chi connectivity index (χ1v) is 7.35. The molecular formula is C19H21FN2O. The molecule has 120 valence electrons. The van der Waals surface area contributed by atoms with E-state index in [9.17, 15) is 4.39 Å². The topological polar surface area (TPSA) is 27.1 Å². The summed E-state index contributed by atoms with van der Waals surface area (Å²) in [5.74, 6) is -0.268. The lowest BCUT2D eigenvalue weighted by molar-refractivity contribution is 0.187. The van der Waals surface area contributed by atoms with Crippen LogP contribution in [-0.2, 0) is 11.3 Å². The molecule has 0 amide bonds. The Balaban J connectivity index is 2.45. The third-order valence-corrected chi connectivity index (χ3v) is 3.36. The highest BCUT2D eigenvalue weighted by Crippen LogP contribution is 2.28. The van der Waals surface area contributed by atoms with E-state index < -0.39 is 0 Å². The first kappa shape index (κ1) is 16.9. The van der Waals surface area contributed by atoms with E-state index in [4.69, 9.17) is 4.74 Å². The van der Waals surface area contributed by atoms with Crippen LogP contribution in [0.1, 0.15) is 12.6 Å². The average Bonchev–Trinajstić information content (AvgIpc) is 2.95. The number of imidazole rings is 1. The quantitative estimate of drug-likeness (QED) is 0.705. The smallest absolute Gasteiger partial charge is 0.123 e. The minimum Gasteiger partial charge on any atom is -0.383 e. The van der Waals surface area contributed by atoms with E-state index >= 15 is 0 Å². The largest absolute Gasteiger partial charge is 0.383 e. The number of aromatic nitrogens is 2. The van der Waals surface area contributed by atoms with Gasteiger partial charge in [0, 0.05) is 19.2 Å². The van der Waals surface area contributed by atoms with Crippen LogP contribution in [0.15, 0.2) is 61.5 Å². The van der Waals surface area contributed by atoms with E-state index in [1.807, 2.05) is 23.6 Å². The lowest BCUT2D eigenvalue weighted by Crippen LogP contribution is -2.06. The minimum absolute atomic E-state index is 0.268. The van der Waals surface area contributed by atoms with Gasteiger partial charge in [-0.25, -0.2) is 9.37 Å². The molecule has 23 heavy (non-hydrogen) atoms. The normalized spacial score (nSPS) is 11.1. The molecule has 0 saturated heterocycles. The van der Waals surface area contributed by atoms with Crippen LogP contribution in [0.5, 0.6) is 0 Å². The lowest BCUT2D eigenvalue weighted by atomic mass is 10.0. The van der Waals surface area contributed by atoms with Gasteiger partial charge in [0.1, 0.15) is 5.82 Å². The van der Waals surface area contributed by atoms with E-state index in [-0.39, 0.29) is 5.82 Å². The molecule has 4 heteroatoms. The Morgan fingerprint density at radius 1 is 1.26 bits per heavy atom. The fourth-order valence-electron chi connectivity index (χ4n) is 2.22. The lowest BCUT2D eigenvalue weighted by Gasteiger charge is -2.10. The standard InChI is InChI=1S/C19H21FN2O/c1-14(2)5-6-15(3)19-18(16-7-9-17(20)10-8-16)21-13-22(19)11-12-23-4/h5-10,13H,1,3,11-12H2,2,4H3/b6-5-. The summed E-state index contributed by atoms with van der Waals surface area (Å²) in [5, 5.41) is 0. The molecule has 2 aromatic rings. The van der Waals surface area contributed by atoms with Gasteiger partial charge < -0.3 is 9.30 Å². The minimum atomic E-state index is -0.268. The Hall–Kier alpha value is -2.46. The fraction of sp³-hybridized carbons (Fsp3) is 0.211. The molecule has 0 saturated carbocycles. The molecule has 3 nitrogen and oxygen atoms in total. The number of halogens is 1. The van der Waals surface area contributed by atoms with Gasteiger partial charge in [-0.05, 0) is 36.8 Å². The maximum atomic E-state index is 13.2. The predicted octanol–water partition coefficient (Wildman–Crippen LogP) is 4.48. The van der Waals surface area contributed by atoms with Gasteiger partial charge in [0.2, 0.25) is 0 Å². The Kier molecular flexibility index (Phi) is 5.66. The summed E-state index contributed by atoms with van der Waals surface area (Å²) >= 11 is 0. The molecule has 0 N–H and O–H groups in total. The average molecular weight is 312 g/mol. The number of benzene rings is 1. The summed E-state index contributed by atoms with van der Waals surface area (Å²) in [7, 11) is 1.66. The van der Waals surface area contributed by atoms with E-state index in [1.54, 1.807) is 25.6 Å². The van der Waals surface area contributed by atoms with Gasteiger partial charge in [-0.1, -0.05) is 30.9 Å². The van der Waals surface area contributed by atoms with Crippen molar-refractivity contribution in [3.8, 4) is 11.3 Å². The van der Waals surface area contributed by atoms with Crippen LogP contribution in [0.3, 0.4) is 0 Å². The number of hydrogen-bond acceptors (Lipinski definition) is 2. The molecular weight excluding hydrogens is 291 g/mol. The molecule has 0 atom stereocenters. The molecule has 0 unspecified atom stereocenters. The molecule has 0 fully saturated rings. The Morgan fingerprint density at radius 3 is 2.57 bits per heavy atom. The zero-order valence-corrected chi connectivity index (χ0v) is 13.6. The maximum Gasteiger partial charge on any atom is 0.123 e. The number of hydrogen-bond donors (Lipinski definition) is 0. The zero-order chi connectivity index (χ0) is 16.8. The Labute approximate surface area is 136 Å².